The van der Waals surface area contributed by atoms with Crippen LogP contribution in [0, 0.1) is 5.92 Å². The smallest absolute Gasteiger partial charge is 0.223 e. The lowest BCUT2D eigenvalue weighted by Crippen LogP contribution is -2.38. The zero-order valence-electron chi connectivity index (χ0n) is 11.8. The van der Waals surface area contributed by atoms with Gasteiger partial charge in [0.2, 0.25) is 5.91 Å². The molecule has 3 unspecified atom stereocenters. The number of amides is 1. The maximum Gasteiger partial charge on any atom is 0.223 e. The Bertz CT molecular complexity index is 236. The van der Waals surface area contributed by atoms with Gasteiger partial charge in [0.1, 0.15) is 0 Å². The first kappa shape index (κ1) is 17.7. The van der Waals surface area contributed by atoms with Crippen LogP contribution in [0.15, 0.2) is 0 Å². The molecule has 0 aliphatic heterocycles. The quantitative estimate of drug-likeness (QED) is 0.751. The van der Waals surface area contributed by atoms with Crippen molar-refractivity contribution >= 4 is 18.3 Å². The number of carbonyl (C=O) groups is 1. The van der Waals surface area contributed by atoms with Crippen molar-refractivity contribution in [3.05, 3.63) is 0 Å². The Morgan fingerprint density at radius 3 is 2.50 bits per heavy atom. The normalized spacial score (nSPS) is 24.4. The van der Waals surface area contributed by atoms with Crippen molar-refractivity contribution in [2.45, 2.75) is 77.3 Å². The number of hydrogen-bond acceptors (Lipinski definition) is 2. The van der Waals surface area contributed by atoms with Gasteiger partial charge in [-0.25, -0.2) is 0 Å². The van der Waals surface area contributed by atoms with E-state index in [1.807, 2.05) is 0 Å². The van der Waals surface area contributed by atoms with E-state index in [-0.39, 0.29) is 30.3 Å². The lowest BCUT2D eigenvalue weighted by molar-refractivity contribution is -0.125. The van der Waals surface area contributed by atoms with E-state index in [0.29, 0.717) is 6.04 Å². The molecule has 1 fully saturated rings. The number of halogens is 1. The first-order valence-electron chi connectivity index (χ1n) is 7.23. The van der Waals surface area contributed by atoms with Gasteiger partial charge in [0.15, 0.2) is 0 Å². The van der Waals surface area contributed by atoms with E-state index in [4.69, 9.17) is 5.73 Å². The van der Waals surface area contributed by atoms with Gasteiger partial charge in [-0.3, -0.25) is 4.79 Å². The fraction of sp³-hybridized carbons (Fsp3) is 0.929. The molecule has 3 nitrogen and oxygen atoms in total. The van der Waals surface area contributed by atoms with Crippen molar-refractivity contribution in [1.29, 1.82) is 0 Å². The van der Waals surface area contributed by atoms with Gasteiger partial charge in [-0.2, -0.15) is 0 Å². The van der Waals surface area contributed by atoms with E-state index in [1.54, 1.807) is 0 Å². The minimum atomic E-state index is 0. The van der Waals surface area contributed by atoms with Crippen LogP contribution >= 0.6 is 12.4 Å². The molecule has 0 spiro atoms. The Morgan fingerprint density at radius 2 is 2.00 bits per heavy atom. The Balaban J connectivity index is 0.00000289. The molecule has 1 aliphatic rings. The van der Waals surface area contributed by atoms with Crippen LogP contribution in [0.5, 0.6) is 0 Å². The summed E-state index contributed by atoms with van der Waals surface area (Å²) in [6, 6.07) is 0.621. The molecular formula is C14H29ClN2O. The van der Waals surface area contributed by atoms with Gasteiger partial charge in [0, 0.05) is 18.0 Å². The summed E-state index contributed by atoms with van der Waals surface area (Å²) in [4.78, 5) is 12.1. The highest BCUT2D eigenvalue weighted by Crippen LogP contribution is 2.24. The SMILES string of the molecule is CCCCC(CCC)NC(=O)C1CCC(N)C1.Cl. The third-order valence-electron chi connectivity index (χ3n) is 3.73. The molecule has 1 amide bonds. The molecule has 0 bridgehead atoms. The summed E-state index contributed by atoms with van der Waals surface area (Å²) < 4.78 is 0. The van der Waals surface area contributed by atoms with E-state index in [1.165, 1.54) is 12.8 Å². The van der Waals surface area contributed by atoms with Gasteiger partial charge in [-0.15, -0.1) is 12.4 Å². The predicted octanol–water partition coefficient (Wildman–Crippen LogP) is 3.01. The number of nitrogens with two attached hydrogens (primary N) is 1. The number of hydrogen-bond donors (Lipinski definition) is 2. The van der Waals surface area contributed by atoms with E-state index >= 15 is 0 Å². The monoisotopic (exact) mass is 276 g/mol. The molecule has 18 heavy (non-hydrogen) atoms. The van der Waals surface area contributed by atoms with E-state index in [2.05, 4.69) is 19.2 Å². The van der Waals surface area contributed by atoms with Crippen molar-refractivity contribution in [3.63, 3.8) is 0 Å². The second kappa shape index (κ2) is 9.62. The molecule has 4 heteroatoms. The standard InChI is InChI=1S/C14H28N2O.ClH/c1-3-5-7-13(6-4-2)16-14(17)11-8-9-12(15)10-11;/h11-13H,3-10,15H2,1-2H3,(H,16,17);1H. The number of carbonyl (C=O) groups excluding carboxylic acids is 1. The summed E-state index contributed by atoms with van der Waals surface area (Å²) >= 11 is 0. The predicted molar refractivity (Wildman–Crippen MR) is 78.9 cm³/mol. The molecule has 3 N–H and O–H groups in total. The van der Waals surface area contributed by atoms with Crippen molar-refractivity contribution in [3.8, 4) is 0 Å². The van der Waals surface area contributed by atoms with Crippen LogP contribution in [0.3, 0.4) is 0 Å². The van der Waals surface area contributed by atoms with Gasteiger partial charge < -0.3 is 11.1 Å². The van der Waals surface area contributed by atoms with Crippen LogP contribution in [-0.2, 0) is 4.79 Å². The molecule has 3 atom stereocenters. The van der Waals surface area contributed by atoms with Gasteiger partial charge in [0.25, 0.3) is 0 Å². The topological polar surface area (TPSA) is 55.1 Å². The number of rotatable bonds is 7. The molecule has 0 aromatic heterocycles. The molecule has 0 aromatic carbocycles. The van der Waals surface area contributed by atoms with E-state index < -0.39 is 0 Å². The molecule has 0 saturated heterocycles. The molecule has 1 aliphatic carbocycles. The Hall–Kier alpha value is -0.280. The van der Waals surface area contributed by atoms with Gasteiger partial charge in [0.05, 0.1) is 0 Å². The molecular weight excluding hydrogens is 248 g/mol. The zero-order chi connectivity index (χ0) is 12.7. The van der Waals surface area contributed by atoms with E-state index in [0.717, 1.165) is 38.5 Å². The largest absolute Gasteiger partial charge is 0.353 e. The highest BCUT2D eigenvalue weighted by molar-refractivity contribution is 5.85. The van der Waals surface area contributed by atoms with Gasteiger partial charge >= 0.3 is 0 Å². The summed E-state index contributed by atoms with van der Waals surface area (Å²) in [5.74, 6) is 0.415. The van der Waals surface area contributed by atoms with Crippen molar-refractivity contribution < 1.29 is 4.79 Å². The summed E-state index contributed by atoms with van der Waals surface area (Å²) in [6.07, 6.45) is 8.61. The fourth-order valence-corrected chi connectivity index (χ4v) is 2.66. The maximum absolute atomic E-state index is 12.1. The van der Waals surface area contributed by atoms with E-state index in [9.17, 15) is 4.79 Å². The molecule has 1 rings (SSSR count). The highest BCUT2D eigenvalue weighted by atomic mass is 35.5. The lowest BCUT2D eigenvalue weighted by atomic mass is 10.0. The van der Waals surface area contributed by atoms with Crippen molar-refractivity contribution in [2.75, 3.05) is 0 Å². The summed E-state index contributed by atoms with van der Waals surface area (Å²) in [5, 5.41) is 3.22. The van der Waals surface area contributed by atoms with Crippen LogP contribution in [0.4, 0.5) is 0 Å². The molecule has 108 valence electrons. The fourth-order valence-electron chi connectivity index (χ4n) is 2.66. The second-order valence-corrected chi connectivity index (χ2v) is 5.41. The second-order valence-electron chi connectivity index (χ2n) is 5.41. The number of unbranched alkanes of at least 4 members (excludes halogenated alkanes) is 1. The first-order chi connectivity index (χ1) is 8.17. The van der Waals surface area contributed by atoms with Crippen LogP contribution in [0.25, 0.3) is 0 Å². The molecule has 0 radical (unpaired) electrons. The summed E-state index contributed by atoms with van der Waals surface area (Å²) in [5.41, 5.74) is 5.85. The molecule has 0 heterocycles. The number of nitrogens with one attached hydrogen (secondary N) is 1. The Morgan fingerprint density at radius 1 is 1.28 bits per heavy atom. The van der Waals surface area contributed by atoms with Gasteiger partial charge in [-0.1, -0.05) is 33.1 Å². The molecule has 0 aromatic rings. The average Bonchev–Trinajstić information content (AvgIpc) is 2.73. The maximum atomic E-state index is 12.1. The van der Waals surface area contributed by atoms with Crippen LogP contribution in [0.2, 0.25) is 0 Å². The minimum Gasteiger partial charge on any atom is -0.353 e. The lowest BCUT2D eigenvalue weighted by Gasteiger charge is -2.20. The third kappa shape index (κ3) is 6.05. The first-order valence-corrected chi connectivity index (χ1v) is 7.23. The van der Waals surface area contributed by atoms with Gasteiger partial charge in [-0.05, 0) is 32.1 Å². The third-order valence-corrected chi connectivity index (χ3v) is 3.73. The summed E-state index contributed by atoms with van der Waals surface area (Å²) in [7, 11) is 0. The van der Waals surface area contributed by atoms with Crippen molar-refractivity contribution in [1.82, 2.24) is 5.32 Å². The zero-order valence-corrected chi connectivity index (χ0v) is 12.6. The van der Waals surface area contributed by atoms with Crippen LogP contribution < -0.4 is 11.1 Å². The summed E-state index contributed by atoms with van der Waals surface area (Å²) in [6.45, 7) is 4.37. The minimum absolute atomic E-state index is 0. The van der Waals surface area contributed by atoms with Crippen molar-refractivity contribution in [2.24, 2.45) is 11.7 Å². The highest BCUT2D eigenvalue weighted by Gasteiger charge is 2.28. The Kier molecular flexibility index (Phi) is 9.47. The average molecular weight is 277 g/mol. The Labute approximate surface area is 118 Å². The van der Waals surface area contributed by atoms with Crippen LogP contribution in [0.1, 0.15) is 65.2 Å². The van der Waals surface area contributed by atoms with Crippen LogP contribution in [-0.4, -0.2) is 18.0 Å². The molecule has 1 saturated carbocycles.